The first-order valence-electron chi connectivity index (χ1n) is 6.00. The molecule has 3 unspecified atom stereocenters. The molecule has 0 saturated carbocycles. The van der Waals surface area contributed by atoms with E-state index < -0.39 is 10.8 Å². The molecule has 4 nitrogen and oxygen atoms in total. The normalized spacial score (nSPS) is 16.2. The lowest BCUT2D eigenvalue weighted by atomic mass is 10.1. The Balaban J connectivity index is 2.56. The van der Waals surface area contributed by atoms with Crippen LogP contribution in [0.15, 0.2) is 18.2 Å². The molecule has 0 aromatic heterocycles. The maximum absolute atomic E-state index is 11.2. The zero-order valence-electron chi connectivity index (χ0n) is 11.0. The predicted molar refractivity (Wildman–Crippen MR) is 74.3 cm³/mol. The Morgan fingerprint density at radius 2 is 1.83 bits per heavy atom. The van der Waals surface area contributed by atoms with Gasteiger partial charge in [0.05, 0.1) is 5.56 Å². The second-order valence-corrected chi connectivity index (χ2v) is 6.29. The zero-order valence-corrected chi connectivity index (χ0v) is 11.8. The molecule has 1 rings (SSSR count). The monoisotopic (exact) mass is 271 g/mol. The van der Waals surface area contributed by atoms with Crippen molar-refractivity contribution in [2.24, 2.45) is 0 Å². The molecular weight excluding hydrogens is 250 g/mol. The first kappa shape index (κ1) is 15.0. The van der Waals surface area contributed by atoms with Crippen LogP contribution in [0.5, 0.6) is 11.5 Å². The minimum absolute atomic E-state index is 0.0853. The summed E-state index contributed by atoms with van der Waals surface area (Å²) in [6.45, 7) is 4.51. The second-order valence-electron chi connectivity index (χ2n) is 4.48. The number of nitrogens with one attached hydrogen (secondary N) is 1. The van der Waals surface area contributed by atoms with E-state index in [1.54, 1.807) is 24.5 Å². The van der Waals surface area contributed by atoms with Gasteiger partial charge in [-0.1, -0.05) is 13.0 Å². The van der Waals surface area contributed by atoms with Crippen LogP contribution < -0.4 is 5.32 Å². The lowest BCUT2D eigenvalue weighted by Crippen LogP contribution is -2.24. The van der Waals surface area contributed by atoms with Gasteiger partial charge in [0.2, 0.25) is 0 Å². The van der Waals surface area contributed by atoms with Crippen LogP contribution in [0.2, 0.25) is 0 Å². The highest BCUT2D eigenvalue weighted by molar-refractivity contribution is 7.84. The van der Waals surface area contributed by atoms with E-state index in [0.29, 0.717) is 12.1 Å². The van der Waals surface area contributed by atoms with Crippen LogP contribution in [0, 0.1) is 0 Å². The van der Waals surface area contributed by atoms with Crippen molar-refractivity contribution in [3.8, 4) is 11.5 Å². The van der Waals surface area contributed by atoms with Gasteiger partial charge in [-0.15, -0.1) is 0 Å². The summed E-state index contributed by atoms with van der Waals surface area (Å²) >= 11 is 0. The SMILES string of the molecule is CC(NCCC(C)S(C)=O)c1c(O)cccc1O. The molecule has 18 heavy (non-hydrogen) atoms. The average molecular weight is 271 g/mol. The molecule has 0 bridgehead atoms. The fourth-order valence-corrected chi connectivity index (χ4v) is 2.21. The fourth-order valence-electron chi connectivity index (χ4n) is 1.76. The van der Waals surface area contributed by atoms with Crippen molar-refractivity contribution in [1.29, 1.82) is 0 Å². The molecular formula is C13H21NO3S. The van der Waals surface area contributed by atoms with Gasteiger partial charge >= 0.3 is 0 Å². The molecule has 0 fully saturated rings. The summed E-state index contributed by atoms with van der Waals surface area (Å²) in [6, 6.07) is 4.56. The lowest BCUT2D eigenvalue weighted by Gasteiger charge is -2.17. The summed E-state index contributed by atoms with van der Waals surface area (Å²) in [7, 11) is -0.817. The van der Waals surface area contributed by atoms with Gasteiger partial charge in [-0.2, -0.15) is 0 Å². The van der Waals surface area contributed by atoms with Gasteiger partial charge in [0.1, 0.15) is 11.5 Å². The van der Waals surface area contributed by atoms with Gasteiger partial charge < -0.3 is 15.5 Å². The first-order valence-corrected chi connectivity index (χ1v) is 7.62. The van der Waals surface area contributed by atoms with Crippen molar-refractivity contribution in [3.63, 3.8) is 0 Å². The molecule has 102 valence electrons. The molecule has 0 saturated heterocycles. The molecule has 0 spiro atoms. The molecule has 3 N–H and O–H groups in total. The minimum Gasteiger partial charge on any atom is -0.507 e. The highest BCUT2D eigenvalue weighted by atomic mass is 32.2. The maximum Gasteiger partial charge on any atom is 0.124 e. The quantitative estimate of drug-likeness (QED) is 0.739. The van der Waals surface area contributed by atoms with Crippen molar-refractivity contribution in [2.45, 2.75) is 31.6 Å². The molecule has 1 aromatic carbocycles. The van der Waals surface area contributed by atoms with Gasteiger partial charge in [-0.25, -0.2) is 0 Å². The van der Waals surface area contributed by atoms with E-state index in [2.05, 4.69) is 5.32 Å². The topological polar surface area (TPSA) is 69.6 Å². The summed E-state index contributed by atoms with van der Waals surface area (Å²) in [6.07, 6.45) is 2.49. The Hall–Kier alpha value is -1.07. The Morgan fingerprint density at radius 1 is 1.28 bits per heavy atom. The third-order valence-corrected chi connectivity index (χ3v) is 4.43. The molecule has 5 heteroatoms. The van der Waals surface area contributed by atoms with Gasteiger partial charge in [-0.05, 0) is 32.0 Å². The zero-order chi connectivity index (χ0) is 13.7. The highest BCUT2D eigenvalue weighted by Gasteiger charge is 2.15. The minimum atomic E-state index is -0.817. The summed E-state index contributed by atoms with van der Waals surface area (Å²) in [5.41, 5.74) is 0.503. The van der Waals surface area contributed by atoms with Gasteiger partial charge in [0, 0.05) is 28.3 Å². The standard InChI is InChI=1S/C13H21NO3S/c1-9(18(3)17)7-8-14-10(2)13-11(15)5-4-6-12(13)16/h4-6,9-10,14-16H,7-8H2,1-3H3. The Kier molecular flexibility index (Phi) is 5.62. The third kappa shape index (κ3) is 3.99. The average Bonchev–Trinajstić information content (AvgIpc) is 2.28. The molecule has 0 aliphatic carbocycles. The van der Waals surface area contributed by atoms with Crippen molar-refractivity contribution in [3.05, 3.63) is 23.8 Å². The van der Waals surface area contributed by atoms with Crippen molar-refractivity contribution in [2.75, 3.05) is 12.8 Å². The third-order valence-electron chi connectivity index (χ3n) is 3.06. The van der Waals surface area contributed by atoms with Gasteiger partial charge in [0.15, 0.2) is 0 Å². The van der Waals surface area contributed by atoms with E-state index in [1.807, 2.05) is 13.8 Å². The first-order chi connectivity index (χ1) is 8.43. The highest BCUT2D eigenvalue weighted by Crippen LogP contribution is 2.31. The van der Waals surface area contributed by atoms with Crippen molar-refractivity contribution < 1.29 is 14.4 Å². The van der Waals surface area contributed by atoms with Crippen LogP contribution in [0.4, 0.5) is 0 Å². The molecule has 0 heterocycles. The van der Waals surface area contributed by atoms with E-state index in [1.165, 1.54) is 0 Å². The number of rotatable bonds is 6. The summed E-state index contributed by atoms with van der Waals surface area (Å²) in [4.78, 5) is 0. The Bertz CT molecular complexity index is 402. The molecule has 0 amide bonds. The van der Waals surface area contributed by atoms with Crippen LogP contribution >= 0.6 is 0 Å². The molecule has 1 aromatic rings. The van der Waals surface area contributed by atoms with Crippen LogP contribution in [-0.4, -0.2) is 32.5 Å². The van der Waals surface area contributed by atoms with Crippen molar-refractivity contribution in [1.82, 2.24) is 5.32 Å². The van der Waals surface area contributed by atoms with E-state index >= 15 is 0 Å². The smallest absolute Gasteiger partial charge is 0.124 e. The number of phenols is 2. The summed E-state index contributed by atoms with van der Waals surface area (Å²) < 4.78 is 11.2. The number of aromatic hydroxyl groups is 2. The van der Waals surface area contributed by atoms with Crippen LogP contribution in [0.25, 0.3) is 0 Å². The van der Waals surface area contributed by atoms with E-state index in [-0.39, 0.29) is 22.8 Å². The van der Waals surface area contributed by atoms with Crippen molar-refractivity contribution >= 4 is 10.8 Å². The largest absolute Gasteiger partial charge is 0.507 e. The Labute approximate surface area is 110 Å². The second kappa shape index (κ2) is 6.75. The number of hydrogen-bond donors (Lipinski definition) is 3. The molecule has 0 aliphatic rings. The van der Waals surface area contributed by atoms with Gasteiger partial charge in [0.25, 0.3) is 0 Å². The summed E-state index contributed by atoms with van der Waals surface area (Å²) in [5.74, 6) is 0.171. The van der Waals surface area contributed by atoms with E-state index in [0.717, 1.165) is 6.42 Å². The molecule has 0 aliphatic heterocycles. The van der Waals surface area contributed by atoms with Crippen LogP contribution in [-0.2, 0) is 10.8 Å². The van der Waals surface area contributed by atoms with E-state index in [9.17, 15) is 14.4 Å². The maximum atomic E-state index is 11.2. The van der Waals surface area contributed by atoms with Gasteiger partial charge in [-0.3, -0.25) is 4.21 Å². The molecule has 3 atom stereocenters. The van der Waals surface area contributed by atoms with Crippen LogP contribution in [0.3, 0.4) is 0 Å². The molecule has 0 radical (unpaired) electrons. The lowest BCUT2D eigenvalue weighted by molar-refractivity contribution is 0.418. The van der Waals surface area contributed by atoms with E-state index in [4.69, 9.17) is 0 Å². The number of phenolic OH excluding ortho intramolecular Hbond substituents is 2. The predicted octanol–water partition coefficient (Wildman–Crippen LogP) is 1.91. The number of benzene rings is 1. The summed E-state index contributed by atoms with van der Waals surface area (Å²) in [5, 5.41) is 22.8. The Morgan fingerprint density at radius 3 is 2.33 bits per heavy atom. The number of hydrogen-bond acceptors (Lipinski definition) is 4. The fraction of sp³-hybridized carbons (Fsp3) is 0.538. The van der Waals surface area contributed by atoms with Crippen LogP contribution in [0.1, 0.15) is 31.9 Å².